The summed E-state index contributed by atoms with van der Waals surface area (Å²) in [6.07, 6.45) is 5.80. The van der Waals surface area contributed by atoms with Gasteiger partial charge in [0.25, 0.3) is 0 Å². The molecule has 1 aromatic heterocycles. The average molecular weight is 278 g/mol. The van der Waals surface area contributed by atoms with Gasteiger partial charge in [0.15, 0.2) is 0 Å². The van der Waals surface area contributed by atoms with E-state index in [4.69, 9.17) is 0 Å². The lowest BCUT2D eigenvalue weighted by Crippen LogP contribution is -2.22. The Bertz CT molecular complexity index is 403. The molecule has 0 radical (unpaired) electrons. The van der Waals surface area contributed by atoms with E-state index in [9.17, 15) is 0 Å². The first kappa shape index (κ1) is 14.8. The third kappa shape index (κ3) is 4.21. The molecule has 1 fully saturated rings. The van der Waals surface area contributed by atoms with Gasteiger partial charge in [-0.1, -0.05) is 20.3 Å². The predicted octanol–water partition coefficient (Wildman–Crippen LogP) is 2.51. The molecule has 1 saturated heterocycles. The van der Waals surface area contributed by atoms with Crippen molar-refractivity contribution in [3.63, 3.8) is 0 Å². The van der Waals surface area contributed by atoms with Crippen LogP contribution in [0.25, 0.3) is 0 Å². The van der Waals surface area contributed by atoms with Gasteiger partial charge in [0.1, 0.15) is 0 Å². The highest BCUT2D eigenvalue weighted by Gasteiger charge is 2.17. The average Bonchev–Trinajstić information content (AvgIpc) is 2.99. The Morgan fingerprint density at radius 2 is 1.55 bits per heavy atom. The zero-order valence-electron chi connectivity index (χ0n) is 12.7. The lowest BCUT2D eigenvalue weighted by atomic mass is 10.3. The highest BCUT2D eigenvalue weighted by molar-refractivity contribution is 5.44. The minimum atomic E-state index is 0.683. The molecule has 0 bridgehead atoms. The third-order valence-electron chi connectivity index (χ3n) is 3.36. The number of aromatic nitrogens is 3. The molecule has 0 amide bonds. The van der Waals surface area contributed by atoms with Gasteiger partial charge in [-0.25, -0.2) is 0 Å². The molecule has 2 rings (SSSR count). The molecule has 112 valence electrons. The van der Waals surface area contributed by atoms with Gasteiger partial charge >= 0.3 is 0 Å². The maximum absolute atomic E-state index is 4.55. The molecule has 20 heavy (non-hydrogen) atoms. The van der Waals surface area contributed by atoms with Crippen LogP contribution < -0.4 is 15.5 Å². The summed E-state index contributed by atoms with van der Waals surface area (Å²) in [6.45, 7) is 8.21. The van der Waals surface area contributed by atoms with Crippen molar-refractivity contribution in [2.24, 2.45) is 0 Å². The maximum atomic E-state index is 4.55. The normalized spacial score (nSPS) is 14.6. The molecule has 6 nitrogen and oxygen atoms in total. The highest BCUT2D eigenvalue weighted by Crippen LogP contribution is 2.18. The van der Waals surface area contributed by atoms with E-state index in [2.05, 4.69) is 44.3 Å². The highest BCUT2D eigenvalue weighted by atomic mass is 15.3. The summed E-state index contributed by atoms with van der Waals surface area (Å²) >= 11 is 0. The molecule has 1 aliphatic heterocycles. The third-order valence-corrected chi connectivity index (χ3v) is 3.36. The zero-order chi connectivity index (χ0) is 14.2. The van der Waals surface area contributed by atoms with E-state index < -0.39 is 0 Å². The van der Waals surface area contributed by atoms with E-state index >= 15 is 0 Å². The second kappa shape index (κ2) is 7.87. The number of nitrogens with one attached hydrogen (secondary N) is 2. The van der Waals surface area contributed by atoms with Crippen molar-refractivity contribution in [2.75, 3.05) is 41.7 Å². The molecule has 2 N–H and O–H groups in total. The van der Waals surface area contributed by atoms with Gasteiger partial charge in [0.2, 0.25) is 17.8 Å². The summed E-state index contributed by atoms with van der Waals surface area (Å²) in [6, 6.07) is 0. The molecule has 1 aliphatic rings. The molecule has 0 unspecified atom stereocenters. The lowest BCUT2D eigenvalue weighted by Gasteiger charge is -2.17. The summed E-state index contributed by atoms with van der Waals surface area (Å²) < 4.78 is 0. The monoisotopic (exact) mass is 278 g/mol. The Morgan fingerprint density at radius 1 is 0.900 bits per heavy atom. The van der Waals surface area contributed by atoms with Gasteiger partial charge in [0, 0.05) is 26.2 Å². The molecular formula is C14H26N6. The summed E-state index contributed by atoms with van der Waals surface area (Å²) in [5.41, 5.74) is 0. The van der Waals surface area contributed by atoms with Gasteiger partial charge < -0.3 is 15.5 Å². The predicted molar refractivity (Wildman–Crippen MR) is 83.5 cm³/mol. The van der Waals surface area contributed by atoms with E-state index in [0.29, 0.717) is 11.9 Å². The topological polar surface area (TPSA) is 66.0 Å². The van der Waals surface area contributed by atoms with Gasteiger partial charge in [-0.05, 0) is 25.7 Å². The van der Waals surface area contributed by atoms with E-state index in [-0.39, 0.29) is 0 Å². The first-order chi connectivity index (χ1) is 9.83. The van der Waals surface area contributed by atoms with Crippen molar-refractivity contribution in [3.05, 3.63) is 0 Å². The number of unbranched alkanes of at least 4 members (excludes halogenated alkanes) is 1. The second-order valence-electron chi connectivity index (χ2n) is 5.18. The van der Waals surface area contributed by atoms with Gasteiger partial charge in [-0.3, -0.25) is 0 Å². The summed E-state index contributed by atoms with van der Waals surface area (Å²) in [5.74, 6) is 2.17. The van der Waals surface area contributed by atoms with Gasteiger partial charge in [-0.2, -0.15) is 15.0 Å². The van der Waals surface area contributed by atoms with E-state index in [1.807, 2.05) is 0 Å². The number of hydrogen-bond donors (Lipinski definition) is 2. The van der Waals surface area contributed by atoms with Crippen molar-refractivity contribution < 1.29 is 0 Å². The molecular weight excluding hydrogens is 252 g/mol. The van der Waals surface area contributed by atoms with Crippen LogP contribution >= 0.6 is 0 Å². The molecule has 0 atom stereocenters. The van der Waals surface area contributed by atoms with Crippen LogP contribution in [0.3, 0.4) is 0 Å². The van der Waals surface area contributed by atoms with Crippen LogP contribution in [-0.2, 0) is 0 Å². The summed E-state index contributed by atoms with van der Waals surface area (Å²) in [5, 5.41) is 6.56. The number of rotatable bonds is 8. The first-order valence-corrected chi connectivity index (χ1v) is 7.82. The van der Waals surface area contributed by atoms with Crippen molar-refractivity contribution in [2.45, 2.75) is 46.0 Å². The fourth-order valence-corrected chi connectivity index (χ4v) is 2.20. The van der Waals surface area contributed by atoms with Crippen molar-refractivity contribution >= 4 is 17.8 Å². The first-order valence-electron chi connectivity index (χ1n) is 7.82. The zero-order valence-corrected chi connectivity index (χ0v) is 12.7. The van der Waals surface area contributed by atoms with Crippen molar-refractivity contribution in [3.8, 4) is 0 Å². The van der Waals surface area contributed by atoms with E-state index in [1.165, 1.54) is 12.8 Å². The summed E-state index contributed by atoms with van der Waals surface area (Å²) in [4.78, 5) is 15.8. The van der Waals surface area contributed by atoms with Crippen molar-refractivity contribution in [1.29, 1.82) is 0 Å². The van der Waals surface area contributed by atoms with Crippen LogP contribution in [0.5, 0.6) is 0 Å². The quantitative estimate of drug-likeness (QED) is 0.712. The Kier molecular flexibility index (Phi) is 5.83. The molecule has 2 heterocycles. The van der Waals surface area contributed by atoms with E-state index in [0.717, 1.165) is 51.4 Å². The Labute approximate surface area is 121 Å². The number of hydrogen-bond acceptors (Lipinski definition) is 6. The number of anilines is 3. The Hall–Kier alpha value is -1.59. The Morgan fingerprint density at radius 3 is 2.15 bits per heavy atom. The molecule has 0 aromatic carbocycles. The van der Waals surface area contributed by atoms with Gasteiger partial charge in [0.05, 0.1) is 0 Å². The maximum Gasteiger partial charge on any atom is 0.231 e. The minimum absolute atomic E-state index is 0.683. The van der Waals surface area contributed by atoms with Crippen LogP contribution in [0, 0.1) is 0 Å². The second-order valence-corrected chi connectivity index (χ2v) is 5.18. The fourth-order valence-electron chi connectivity index (χ4n) is 2.20. The smallest absolute Gasteiger partial charge is 0.231 e. The van der Waals surface area contributed by atoms with Crippen LogP contribution in [0.4, 0.5) is 17.8 Å². The molecule has 1 aromatic rings. The largest absolute Gasteiger partial charge is 0.354 e. The van der Waals surface area contributed by atoms with Crippen LogP contribution in [0.15, 0.2) is 0 Å². The molecule has 0 spiro atoms. The minimum Gasteiger partial charge on any atom is -0.354 e. The van der Waals surface area contributed by atoms with Crippen LogP contribution in [0.2, 0.25) is 0 Å². The lowest BCUT2D eigenvalue weighted by molar-refractivity contribution is 0.817. The standard InChI is InChI=1S/C14H26N6/c1-3-5-9-16-13-17-12(15-8-4-2)18-14(19-13)20-10-6-7-11-20/h3-11H2,1-2H3,(H2,15,16,17,18,19). The van der Waals surface area contributed by atoms with Gasteiger partial charge in [-0.15, -0.1) is 0 Å². The van der Waals surface area contributed by atoms with Crippen LogP contribution in [-0.4, -0.2) is 41.1 Å². The molecule has 0 saturated carbocycles. The number of nitrogens with zero attached hydrogens (tertiary/aromatic N) is 4. The summed E-state index contributed by atoms with van der Waals surface area (Å²) in [7, 11) is 0. The van der Waals surface area contributed by atoms with Crippen molar-refractivity contribution in [1.82, 2.24) is 15.0 Å². The SMILES string of the molecule is CCCCNc1nc(NCCC)nc(N2CCCC2)n1. The fraction of sp³-hybridized carbons (Fsp3) is 0.786. The molecule has 0 aliphatic carbocycles. The molecule has 6 heteroatoms. The van der Waals surface area contributed by atoms with Crippen LogP contribution in [0.1, 0.15) is 46.0 Å². The Balaban J connectivity index is 2.09. The van der Waals surface area contributed by atoms with E-state index in [1.54, 1.807) is 0 Å².